The quantitative estimate of drug-likeness (QED) is 0.603. The molecular formula is C11H20N2O2S. The van der Waals surface area contributed by atoms with Crippen molar-refractivity contribution < 1.29 is 9.59 Å². The first-order chi connectivity index (χ1) is 7.50. The molecule has 92 valence electrons. The minimum Gasteiger partial charge on any atom is -0.355 e. The smallest absolute Gasteiger partial charge is 0.233 e. The molecule has 1 unspecified atom stereocenters. The fourth-order valence-corrected chi connectivity index (χ4v) is 1.33. The molecule has 0 aromatic heterocycles. The Kier molecular flexibility index (Phi) is 5.12. The van der Waals surface area contributed by atoms with Gasteiger partial charge in [-0.2, -0.15) is 12.6 Å². The fourth-order valence-electron chi connectivity index (χ4n) is 1.23. The van der Waals surface area contributed by atoms with Gasteiger partial charge in [0.1, 0.15) is 0 Å². The monoisotopic (exact) mass is 244 g/mol. The van der Waals surface area contributed by atoms with Gasteiger partial charge in [0.15, 0.2) is 0 Å². The maximum atomic E-state index is 11.5. The average Bonchev–Trinajstić information content (AvgIpc) is 3.00. The van der Waals surface area contributed by atoms with Crippen molar-refractivity contribution in [3.8, 4) is 0 Å². The molecule has 0 radical (unpaired) electrons. The molecule has 0 aromatic rings. The van der Waals surface area contributed by atoms with E-state index in [2.05, 4.69) is 23.3 Å². The molecule has 16 heavy (non-hydrogen) atoms. The van der Waals surface area contributed by atoms with Gasteiger partial charge in [-0.05, 0) is 18.8 Å². The van der Waals surface area contributed by atoms with Gasteiger partial charge in [0.05, 0.1) is 5.25 Å². The van der Waals surface area contributed by atoms with E-state index in [9.17, 15) is 9.59 Å². The molecule has 1 atom stereocenters. The largest absolute Gasteiger partial charge is 0.355 e. The Labute approximate surface area is 102 Å². The van der Waals surface area contributed by atoms with E-state index in [0.29, 0.717) is 19.0 Å². The Hall–Kier alpha value is -0.710. The first kappa shape index (κ1) is 13.4. The van der Waals surface area contributed by atoms with E-state index in [1.807, 2.05) is 13.8 Å². The summed E-state index contributed by atoms with van der Waals surface area (Å²) < 4.78 is 0. The van der Waals surface area contributed by atoms with E-state index in [1.165, 1.54) is 0 Å². The van der Waals surface area contributed by atoms with Crippen LogP contribution in [-0.4, -0.2) is 29.7 Å². The summed E-state index contributed by atoms with van der Waals surface area (Å²) in [6.45, 7) is 4.27. The molecule has 1 rings (SSSR count). The molecule has 0 saturated heterocycles. The van der Waals surface area contributed by atoms with Gasteiger partial charge < -0.3 is 10.6 Å². The minimum atomic E-state index is -0.300. The minimum absolute atomic E-state index is 0.0167. The number of carbonyl (C=O) groups is 2. The average molecular weight is 244 g/mol. The van der Waals surface area contributed by atoms with Gasteiger partial charge in [0, 0.05) is 19.0 Å². The summed E-state index contributed by atoms with van der Waals surface area (Å²) >= 11 is 4.20. The van der Waals surface area contributed by atoms with Gasteiger partial charge in [-0.1, -0.05) is 13.8 Å². The lowest BCUT2D eigenvalue weighted by Crippen LogP contribution is -2.37. The van der Waals surface area contributed by atoms with Crippen LogP contribution in [0.5, 0.6) is 0 Å². The lowest BCUT2D eigenvalue weighted by molar-refractivity contribution is -0.122. The van der Waals surface area contributed by atoms with Crippen LogP contribution in [0.25, 0.3) is 0 Å². The fraction of sp³-hybridized carbons (Fsp3) is 0.818. The maximum Gasteiger partial charge on any atom is 0.233 e. The zero-order valence-corrected chi connectivity index (χ0v) is 10.7. The standard InChI is InChI=1S/C11H20N2O2S/c1-7(2)10(16)11(15)12-6-5-9(14)13-8-3-4-8/h7-8,10,16H,3-6H2,1-2H3,(H,12,15)(H,13,14). The van der Waals surface area contributed by atoms with Crippen molar-refractivity contribution in [1.82, 2.24) is 10.6 Å². The summed E-state index contributed by atoms with van der Waals surface area (Å²) in [6.07, 6.45) is 2.52. The number of carbonyl (C=O) groups excluding carboxylic acids is 2. The second-order valence-electron chi connectivity index (χ2n) is 4.57. The van der Waals surface area contributed by atoms with Crippen molar-refractivity contribution in [2.75, 3.05) is 6.54 Å². The number of amides is 2. The number of hydrogen-bond acceptors (Lipinski definition) is 3. The Morgan fingerprint density at radius 3 is 2.50 bits per heavy atom. The van der Waals surface area contributed by atoms with Crippen molar-refractivity contribution >= 4 is 24.4 Å². The lowest BCUT2D eigenvalue weighted by Gasteiger charge is -2.14. The predicted molar refractivity (Wildman–Crippen MR) is 66.4 cm³/mol. The third-order valence-electron chi connectivity index (χ3n) is 2.49. The van der Waals surface area contributed by atoms with Crippen molar-refractivity contribution in [3.05, 3.63) is 0 Å². The Balaban J connectivity index is 2.09. The molecule has 0 aliphatic heterocycles. The van der Waals surface area contributed by atoms with Crippen molar-refractivity contribution in [3.63, 3.8) is 0 Å². The molecule has 0 aromatic carbocycles. The molecule has 0 heterocycles. The molecule has 0 bridgehead atoms. The van der Waals surface area contributed by atoms with Gasteiger partial charge in [-0.15, -0.1) is 0 Å². The van der Waals surface area contributed by atoms with Crippen LogP contribution in [0.1, 0.15) is 33.1 Å². The highest BCUT2D eigenvalue weighted by Gasteiger charge is 2.23. The highest BCUT2D eigenvalue weighted by molar-refractivity contribution is 7.81. The van der Waals surface area contributed by atoms with E-state index >= 15 is 0 Å². The van der Waals surface area contributed by atoms with Crippen LogP contribution < -0.4 is 10.6 Å². The Bertz CT molecular complexity index is 265. The second kappa shape index (κ2) is 6.13. The molecule has 2 amide bonds. The number of rotatable bonds is 6. The summed E-state index contributed by atoms with van der Waals surface area (Å²) in [6, 6.07) is 0.386. The Morgan fingerprint density at radius 1 is 1.38 bits per heavy atom. The molecule has 2 N–H and O–H groups in total. The molecule has 4 nitrogen and oxygen atoms in total. The highest BCUT2D eigenvalue weighted by Crippen LogP contribution is 2.18. The molecule has 0 spiro atoms. The summed E-state index contributed by atoms with van der Waals surface area (Å²) in [5.41, 5.74) is 0. The van der Waals surface area contributed by atoms with E-state index in [0.717, 1.165) is 12.8 Å². The topological polar surface area (TPSA) is 58.2 Å². The predicted octanol–water partition coefficient (Wildman–Crippen LogP) is 0.726. The number of thiol groups is 1. The van der Waals surface area contributed by atoms with Crippen LogP contribution in [0.4, 0.5) is 0 Å². The van der Waals surface area contributed by atoms with Crippen molar-refractivity contribution in [1.29, 1.82) is 0 Å². The van der Waals surface area contributed by atoms with E-state index in [-0.39, 0.29) is 23.0 Å². The van der Waals surface area contributed by atoms with Crippen molar-refractivity contribution in [2.45, 2.75) is 44.4 Å². The summed E-state index contributed by atoms with van der Waals surface area (Å²) in [5, 5.41) is 5.28. The molecule has 1 saturated carbocycles. The van der Waals surface area contributed by atoms with Crippen LogP contribution in [0.2, 0.25) is 0 Å². The summed E-state index contributed by atoms with van der Waals surface area (Å²) in [5.74, 6) is 0.115. The van der Waals surface area contributed by atoms with Crippen LogP contribution in [-0.2, 0) is 9.59 Å². The van der Waals surface area contributed by atoms with Gasteiger partial charge in [0.2, 0.25) is 11.8 Å². The van der Waals surface area contributed by atoms with E-state index in [4.69, 9.17) is 0 Å². The van der Waals surface area contributed by atoms with E-state index in [1.54, 1.807) is 0 Å². The number of hydrogen-bond donors (Lipinski definition) is 3. The van der Waals surface area contributed by atoms with Gasteiger partial charge in [-0.3, -0.25) is 9.59 Å². The van der Waals surface area contributed by atoms with Crippen LogP contribution in [0.3, 0.4) is 0 Å². The maximum absolute atomic E-state index is 11.5. The van der Waals surface area contributed by atoms with Gasteiger partial charge in [-0.25, -0.2) is 0 Å². The van der Waals surface area contributed by atoms with Gasteiger partial charge in [0.25, 0.3) is 0 Å². The molecule has 1 fully saturated rings. The first-order valence-corrected chi connectivity index (χ1v) is 6.27. The second-order valence-corrected chi connectivity index (χ2v) is 5.13. The molecule has 1 aliphatic rings. The Morgan fingerprint density at radius 2 is 2.00 bits per heavy atom. The molecule has 1 aliphatic carbocycles. The zero-order valence-electron chi connectivity index (χ0n) is 9.82. The summed E-state index contributed by atoms with van der Waals surface area (Å²) in [4.78, 5) is 22.8. The number of nitrogens with one attached hydrogen (secondary N) is 2. The SMILES string of the molecule is CC(C)C(S)C(=O)NCCC(=O)NC1CC1. The van der Waals surface area contributed by atoms with Crippen LogP contribution in [0, 0.1) is 5.92 Å². The zero-order chi connectivity index (χ0) is 12.1. The lowest BCUT2D eigenvalue weighted by atomic mass is 10.1. The highest BCUT2D eigenvalue weighted by atomic mass is 32.1. The third kappa shape index (κ3) is 4.88. The molecule has 5 heteroatoms. The van der Waals surface area contributed by atoms with Crippen LogP contribution in [0.15, 0.2) is 0 Å². The molecular weight excluding hydrogens is 224 g/mol. The normalized spacial score (nSPS) is 17.0. The van der Waals surface area contributed by atoms with Crippen molar-refractivity contribution in [2.24, 2.45) is 5.92 Å². The third-order valence-corrected chi connectivity index (χ3v) is 3.32. The first-order valence-electron chi connectivity index (χ1n) is 5.76. The van der Waals surface area contributed by atoms with E-state index < -0.39 is 0 Å². The summed E-state index contributed by atoms with van der Waals surface area (Å²) in [7, 11) is 0. The van der Waals surface area contributed by atoms with Crippen LogP contribution >= 0.6 is 12.6 Å². The van der Waals surface area contributed by atoms with Gasteiger partial charge >= 0.3 is 0 Å².